The van der Waals surface area contributed by atoms with Crippen molar-refractivity contribution in [2.45, 2.75) is 68.9 Å². The summed E-state index contributed by atoms with van der Waals surface area (Å²) in [7, 11) is 3.72. The van der Waals surface area contributed by atoms with Crippen molar-refractivity contribution in [2.24, 2.45) is 5.16 Å². The van der Waals surface area contributed by atoms with E-state index in [-0.39, 0.29) is 17.1 Å². The standard InChI is InChI=1S/C56H56N6O7S2/c1-54(2,3)68-52(66)55(4,5)69-60-44(43-36-71-53(57-43)59-56(40-27-17-10-18-28-40,41-29-19-11-20-30-41)42-31-21-12-22-32-42)48(63)58-45-49(64)62-46(39(33-34-61(6)7)35-70-50(45)62)51(65)67-47(37-23-13-8-14-24-37)38-25-15-9-16-26-38/h8-34,36,45,47,50H,35H2,1-7H3,(H,57,59)(H,58,63). The molecule has 6 aromatic rings. The number of amides is 2. The third kappa shape index (κ3) is 11.1. The monoisotopic (exact) mass is 988 g/mol. The molecule has 2 atom stereocenters. The molecule has 2 aliphatic rings. The Morgan fingerprint density at radius 1 is 0.775 bits per heavy atom. The van der Waals surface area contributed by atoms with Crippen LogP contribution in [0.1, 0.15) is 74.2 Å². The van der Waals surface area contributed by atoms with Gasteiger partial charge in [0, 0.05) is 25.2 Å². The van der Waals surface area contributed by atoms with Gasteiger partial charge in [-0.2, -0.15) is 0 Å². The maximum absolute atomic E-state index is 14.8. The van der Waals surface area contributed by atoms with Gasteiger partial charge in [-0.05, 0) is 80.3 Å². The molecule has 15 heteroatoms. The van der Waals surface area contributed by atoms with Crippen LogP contribution in [0.5, 0.6) is 0 Å². The predicted molar refractivity (Wildman–Crippen MR) is 278 cm³/mol. The molecular formula is C56H56N6O7S2. The maximum Gasteiger partial charge on any atom is 0.356 e. The van der Waals surface area contributed by atoms with Crippen LogP contribution in [0.25, 0.3) is 0 Å². The van der Waals surface area contributed by atoms with Crippen LogP contribution in [0.2, 0.25) is 0 Å². The number of allylic oxidation sites excluding steroid dienone is 1. The van der Waals surface area contributed by atoms with Crippen LogP contribution in [0, 0.1) is 0 Å². The van der Waals surface area contributed by atoms with Crippen LogP contribution in [-0.2, 0) is 39.0 Å². The molecule has 3 heterocycles. The molecule has 0 spiro atoms. The van der Waals surface area contributed by atoms with Gasteiger partial charge in [0.2, 0.25) is 5.60 Å². The normalized spacial score (nSPS) is 16.3. The number of fused-ring (bicyclic) bond motifs is 1. The van der Waals surface area contributed by atoms with Gasteiger partial charge in [0.1, 0.15) is 33.9 Å². The average Bonchev–Trinajstić information content (AvgIpc) is 3.84. The highest BCUT2D eigenvalue weighted by molar-refractivity contribution is 8.00. The second kappa shape index (κ2) is 21.2. The highest BCUT2D eigenvalue weighted by atomic mass is 32.2. The third-order valence-corrected chi connectivity index (χ3v) is 13.7. The number of carbonyl (C=O) groups excluding carboxylic acids is 4. The number of benzene rings is 5. The molecule has 2 N–H and O–H groups in total. The molecule has 0 saturated carbocycles. The quantitative estimate of drug-likeness (QED) is 0.0296. The van der Waals surface area contributed by atoms with Crippen molar-refractivity contribution in [3.63, 3.8) is 0 Å². The summed E-state index contributed by atoms with van der Waals surface area (Å²) in [6, 6.07) is 47.8. The van der Waals surface area contributed by atoms with Gasteiger partial charge in [0.15, 0.2) is 16.9 Å². The number of ether oxygens (including phenoxy) is 2. The number of esters is 2. The first-order valence-corrected chi connectivity index (χ1v) is 25.0. The van der Waals surface area contributed by atoms with Crippen LogP contribution >= 0.6 is 23.1 Å². The molecule has 71 heavy (non-hydrogen) atoms. The van der Waals surface area contributed by atoms with Crippen molar-refractivity contribution in [1.82, 2.24) is 20.1 Å². The van der Waals surface area contributed by atoms with Crippen LogP contribution in [0.3, 0.4) is 0 Å². The topological polar surface area (TPSA) is 152 Å². The van der Waals surface area contributed by atoms with E-state index in [1.54, 1.807) is 38.4 Å². The Morgan fingerprint density at radius 2 is 1.28 bits per heavy atom. The van der Waals surface area contributed by atoms with Gasteiger partial charge in [-0.3, -0.25) is 14.5 Å². The smallest absolute Gasteiger partial charge is 0.356 e. The number of nitrogens with zero attached hydrogens (tertiary/aromatic N) is 4. The molecule has 1 saturated heterocycles. The Balaban J connectivity index is 1.12. The largest absolute Gasteiger partial charge is 0.457 e. The number of hydrogen-bond acceptors (Lipinski definition) is 13. The number of nitrogens with one attached hydrogen (secondary N) is 2. The molecule has 13 nitrogen and oxygen atoms in total. The van der Waals surface area contributed by atoms with Gasteiger partial charge in [0.05, 0.1) is 0 Å². The highest BCUT2D eigenvalue weighted by Gasteiger charge is 2.55. The van der Waals surface area contributed by atoms with Crippen LogP contribution < -0.4 is 10.6 Å². The summed E-state index contributed by atoms with van der Waals surface area (Å²) in [5.74, 6) is -2.38. The number of rotatable bonds is 17. The van der Waals surface area contributed by atoms with E-state index in [1.165, 1.54) is 41.8 Å². The lowest BCUT2D eigenvalue weighted by Crippen LogP contribution is -2.71. The Morgan fingerprint density at radius 3 is 1.77 bits per heavy atom. The Labute approximate surface area is 422 Å². The van der Waals surface area contributed by atoms with Gasteiger partial charge < -0.3 is 29.8 Å². The fraction of sp³-hybridized carbons (Fsp3) is 0.250. The zero-order chi connectivity index (χ0) is 50.3. The minimum absolute atomic E-state index is 0.0875. The minimum Gasteiger partial charge on any atom is -0.457 e. The Bertz CT molecular complexity index is 2800. The summed E-state index contributed by atoms with van der Waals surface area (Å²) in [6.07, 6.45) is 2.83. The van der Waals surface area contributed by atoms with Gasteiger partial charge in [-0.25, -0.2) is 14.6 Å². The summed E-state index contributed by atoms with van der Waals surface area (Å²) >= 11 is 2.64. The molecule has 5 aromatic carbocycles. The Kier molecular flexibility index (Phi) is 14.9. The molecule has 1 aromatic heterocycles. The zero-order valence-electron chi connectivity index (χ0n) is 40.6. The van der Waals surface area contributed by atoms with E-state index >= 15 is 0 Å². The van der Waals surface area contributed by atoms with E-state index in [0.29, 0.717) is 16.5 Å². The highest BCUT2D eigenvalue weighted by Crippen LogP contribution is 2.43. The average molecular weight is 989 g/mol. The van der Waals surface area contributed by atoms with Gasteiger partial charge >= 0.3 is 11.9 Å². The van der Waals surface area contributed by atoms with Crippen molar-refractivity contribution in [3.05, 3.63) is 214 Å². The molecule has 0 bridgehead atoms. The SMILES string of the molecule is CN(C)C=CC1=C(C(=O)OC(c2ccccc2)c2ccccc2)N2C(=O)C(NC(=O)C(=NOC(C)(C)C(=O)OC(C)(C)C)c3csc(NC(c4ccccc4)(c4ccccc4)c4ccccc4)n3)C2SC1. The van der Waals surface area contributed by atoms with Crippen molar-refractivity contribution in [2.75, 3.05) is 25.2 Å². The molecular weight excluding hydrogens is 933 g/mol. The van der Waals surface area contributed by atoms with E-state index in [9.17, 15) is 19.2 Å². The van der Waals surface area contributed by atoms with Crippen LogP contribution in [0.4, 0.5) is 5.13 Å². The fourth-order valence-corrected chi connectivity index (χ4v) is 10.2. The molecule has 364 valence electrons. The summed E-state index contributed by atoms with van der Waals surface area (Å²) in [4.78, 5) is 71.3. The van der Waals surface area contributed by atoms with Gasteiger partial charge in [-0.1, -0.05) is 157 Å². The van der Waals surface area contributed by atoms with E-state index in [0.717, 1.165) is 27.8 Å². The lowest BCUT2D eigenvalue weighted by Gasteiger charge is -2.49. The Hall–Kier alpha value is -7.49. The van der Waals surface area contributed by atoms with E-state index in [2.05, 4.69) is 15.8 Å². The van der Waals surface area contributed by atoms with Crippen LogP contribution in [0.15, 0.2) is 186 Å². The first-order chi connectivity index (χ1) is 34.1. The number of carbonyl (C=O) groups is 4. The number of aromatic nitrogens is 1. The second-order valence-corrected chi connectivity index (χ2v) is 20.6. The van der Waals surface area contributed by atoms with E-state index < -0.39 is 58.0 Å². The van der Waals surface area contributed by atoms with Crippen LogP contribution in [-0.4, -0.2) is 86.7 Å². The molecule has 0 radical (unpaired) electrons. The minimum atomic E-state index is -1.64. The molecule has 2 unspecified atom stereocenters. The lowest BCUT2D eigenvalue weighted by atomic mass is 9.77. The zero-order valence-corrected chi connectivity index (χ0v) is 42.2. The molecule has 1 fully saturated rings. The second-order valence-electron chi connectivity index (χ2n) is 18.7. The third-order valence-electron chi connectivity index (χ3n) is 11.6. The summed E-state index contributed by atoms with van der Waals surface area (Å²) in [5.41, 5.74) is 1.42. The van der Waals surface area contributed by atoms with E-state index in [1.807, 2.05) is 171 Å². The van der Waals surface area contributed by atoms with Gasteiger partial charge in [-0.15, -0.1) is 23.1 Å². The number of β-lactam (4-membered cyclic amide) rings is 1. The molecule has 2 aliphatic heterocycles. The van der Waals surface area contributed by atoms with Crippen molar-refractivity contribution in [3.8, 4) is 0 Å². The number of anilines is 1. The number of hydrogen-bond donors (Lipinski definition) is 2. The predicted octanol–water partition coefficient (Wildman–Crippen LogP) is 9.45. The maximum atomic E-state index is 14.8. The fourth-order valence-electron chi connectivity index (χ4n) is 8.14. The van der Waals surface area contributed by atoms with Crippen molar-refractivity contribution in [1.29, 1.82) is 0 Å². The van der Waals surface area contributed by atoms with E-state index in [4.69, 9.17) is 19.3 Å². The first kappa shape index (κ1) is 49.9. The summed E-state index contributed by atoms with van der Waals surface area (Å²) in [6.45, 7) is 8.19. The summed E-state index contributed by atoms with van der Waals surface area (Å²) in [5, 5.41) is 12.4. The number of thiazole rings is 1. The number of thioether (sulfide) groups is 1. The van der Waals surface area contributed by atoms with Crippen molar-refractivity contribution < 1.29 is 33.5 Å². The number of oxime groups is 1. The summed E-state index contributed by atoms with van der Waals surface area (Å²) < 4.78 is 12.0. The lowest BCUT2D eigenvalue weighted by molar-refractivity contribution is -0.179. The molecule has 8 rings (SSSR count). The van der Waals surface area contributed by atoms with Gasteiger partial charge in [0.25, 0.3) is 11.8 Å². The van der Waals surface area contributed by atoms with Crippen molar-refractivity contribution >= 4 is 57.7 Å². The molecule has 0 aliphatic carbocycles. The first-order valence-electron chi connectivity index (χ1n) is 23.1. The molecule has 2 amide bonds.